The number of nitrogens with one attached hydrogen (secondary N) is 3. The molecule has 0 fully saturated rings. The number of guanidine groups is 1. The molecule has 0 aliphatic rings. The summed E-state index contributed by atoms with van der Waals surface area (Å²) in [5.41, 5.74) is 3.21. The van der Waals surface area contributed by atoms with Crippen molar-refractivity contribution < 1.29 is 8.78 Å². The molecule has 0 amide bonds. The molecule has 2 aromatic heterocycles. The van der Waals surface area contributed by atoms with Crippen LogP contribution in [0.1, 0.15) is 17.0 Å². The minimum absolute atomic E-state index is 0.250. The zero-order valence-corrected chi connectivity index (χ0v) is 17.4. The predicted octanol–water partition coefficient (Wildman–Crippen LogP) is 3.85. The number of imidazole rings is 1. The van der Waals surface area contributed by atoms with Crippen LogP contribution in [0, 0.1) is 18.6 Å². The highest BCUT2D eigenvalue weighted by Gasteiger charge is 2.09. The molecule has 2 heterocycles. The molecule has 31 heavy (non-hydrogen) atoms. The topological polar surface area (TPSA) is 70.0 Å². The van der Waals surface area contributed by atoms with E-state index in [-0.39, 0.29) is 11.6 Å². The lowest BCUT2D eigenvalue weighted by atomic mass is 10.1. The summed E-state index contributed by atoms with van der Waals surface area (Å²) in [5.74, 6) is 0.781. The first kappa shape index (κ1) is 20.6. The lowest BCUT2D eigenvalue weighted by molar-refractivity contribution is 0.613. The number of nitrogens with zero attached hydrogens (tertiary/aromatic N) is 3. The second-order valence-electron chi connectivity index (χ2n) is 7.24. The molecule has 0 spiro atoms. The van der Waals surface area contributed by atoms with Crippen LogP contribution < -0.4 is 10.6 Å². The summed E-state index contributed by atoms with van der Waals surface area (Å²) < 4.78 is 29.8. The molecule has 6 nitrogen and oxygen atoms in total. The number of hydrogen-bond acceptors (Lipinski definition) is 2. The van der Waals surface area contributed by atoms with Crippen LogP contribution in [-0.4, -0.2) is 34.1 Å². The number of fused-ring (bicyclic) bond motifs is 1. The van der Waals surface area contributed by atoms with Gasteiger partial charge >= 0.3 is 0 Å². The summed E-state index contributed by atoms with van der Waals surface area (Å²) in [6, 6.07) is 9.85. The lowest BCUT2D eigenvalue weighted by Crippen LogP contribution is -2.37. The predicted molar refractivity (Wildman–Crippen MR) is 118 cm³/mol. The first-order valence-corrected chi connectivity index (χ1v) is 10.0. The van der Waals surface area contributed by atoms with Gasteiger partial charge in [-0.3, -0.25) is 4.99 Å². The minimum atomic E-state index is -0.310. The highest BCUT2D eigenvalue weighted by atomic mass is 19.1. The fourth-order valence-electron chi connectivity index (χ4n) is 3.57. The molecule has 0 radical (unpaired) electrons. The highest BCUT2D eigenvalue weighted by molar-refractivity contribution is 5.83. The maximum absolute atomic E-state index is 14.6. The molecule has 0 aliphatic carbocycles. The third-order valence-corrected chi connectivity index (χ3v) is 5.20. The Balaban J connectivity index is 1.33. The summed E-state index contributed by atoms with van der Waals surface area (Å²) in [4.78, 5) is 11.5. The molecule has 2 aromatic carbocycles. The van der Waals surface area contributed by atoms with Crippen molar-refractivity contribution in [3.05, 3.63) is 83.6 Å². The molecule has 0 saturated carbocycles. The second-order valence-corrected chi connectivity index (χ2v) is 7.24. The molecular weight excluding hydrogens is 398 g/mol. The van der Waals surface area contributed by atoms with Gasteiger partial charge in [0.15, 0.2) is 5.96 Å². The van der Waals surface area contributed by atoms with Crippen LogP contribution in [0.3, 0.4) is 0 Å². The first-order valence-electron chi connectivity index (χ1n) is 10.0. The highest BCUT2D eigenvalue weighted by Crippen LogP contribution is 2.20. The molecule has 8 heteroatoms. The summed E-state index contributed by atoms with van der Waals surface area (Å²) >= 11 is 0. The number of aliphatic imine (C=N–C) groups is 1. The first-order chi connectivity index (χ1) is 15.0. The van der Waals surface area contributed by atoms with Gasteiger partial charge in [-0.15, -0.1) is 0 Å². The lowest BCUT2D eigenvalue weighted by Gasteiger charge is -2.13. The van der Waals surface area contributed by atoms with E-state index in [0.717, 1.165) is 27.9 Å². The standard InChI is InChI=1S/C23H24F2N6/c1-15-27-9-10-31(15)22-6-3-16(11-20(22)25)13-30-23(26-2)28-8-7-17-14-29-21-5-4-18(24)12-19(17)21/h3-6,9-12,14,29H,7-8,13H2,1-2H3,(H2,26,28,30). The van der Waals surface area contributed by atoms with Gasteiger partial charge in [0.05, 0.1) is 5.69 Å². The fourth-order valence-corrected chi connectivity index (χ4v) is 3.57. The van der Waals surface area contributed by atoms with Crippen molar-refractivity contribution in [2.75, 3.05) is 13.6 Å². The monoisotopic (exact) mass is 422 g/mol. The Labute approximate surface area is 179 Å². The van der Waals surface area contributed by atoms with E-state index in [0.29, 0.717) is 31.2 Å². The molecule has 0 aliphatic heterocycles. The van der Waals surface area contributed by atoms with Crippen LogP contribution in [0.5, 0.6) is 0 Å². The number of rotatable bonds is 6. The zero-order valence-electron chi connectivity index (χ0n) is 17.4. The number of benzene rings is 2. The summed E-state index contributed by atoms with van der Waals surface area (Å²) in [7, 11) is 1.68. The van der Waals surface area contributed by atoms with E-state index in [2.05, 4.69) is 25.6 Å². The van der Waals surface area contributed by atoms with Crippen molar-refractivity contribution in [1.29, 1.82) is 0 Å². The van der Waals surface area contributed by atoms with Crippen LogP contribution >= 0.6 is 0 Å². The SMILES string of the molecule is CN=C(NCCc1c[nH]c2ccc(F)cc12)NCc1ccc(-n2ccnc2C)c(F)c1. The molecule has 0 saturated heterocycles. The van der Waals surface area contributed by atoms with E-state index in [9.17, 15) is 8.78 Å². The van der Waals surface area contributed by atoms with Crippen molar-refractivity contribution in [1.82, 2.24) is 25.2 Å². The fraction of sp³-hybridized carbons (Fsp3) is 0.217. The number of H-pyrrole nitrogens is 1. The number of aryl methyl sites for hydroxylation is 1. The Bertz CT molecular complexity index is 1220. The van der Waals surface area contributed by atoms with Crippen molar-refractivity contribution >= 4 is 16.9 Å². The summed E-state index contributed by atoms with van der Waals surface area (Å²) in [5, 5.41) is 7.31. The van der Waals surface area contributed by atoms with E-state index in [1.165, 1.54) is 18.2 Å². The minimum Gasteiger partial charge on any atom is -0.361 e. The van der Waals surface area contributed by atoms with Crippen LogP contribution in [0.25, 0.3) is 16.6 Å². The van der Waals surface area contributed by atoms with E-state index < -0.39 is 0 Å². The summed E-state index contributed by atoms with van der Waals surface area (Å²) in [6.07, 6.45) is 5.98. The number of hydrogen-bond donors (Lipinski definition) is 3. The Kier molecular flexibility index (Phi) is 5.97. The van der Waals surface area contributed by atoms with Crippen molar-refractivity contribution in [3.8, 4) is 5.69 Å². The van der Waals surface area contributed by atoms with Gasteiger partial charge in [-0.25, -0.2) is 13.8 Å². The molecule has 160 valence electrons. The van der Waals surface area contributed by atoms with E-state index >= 15 is 0 Å². The number of halogens is 2. The molecular formula is C23H24F2N6. The molecule has 0 unspecified atom stereocenters. The Morgan fingerprint density at radius 3 is 2.77 bits per heavy atom. The Morgan fingerprint density at radius 2 is 2.03 bits per heavy atom. The quantitative estimate of drug-likeness (QED) is 0.327. The average Bonchev–Trinajstić information content (AvgIpc) is 3.36. The molecule has 0 bridgehead atoms. The Morgan fingerprint density at radius 1 is 1.16 bits per heavy atom. The van der Waals surface area contributed by atoms with Gasteiger partial charge in [-0.2, -0.15) is 0 Å². The van der Waals surface area contributed by atoms with E-state index in [1.54, 1.807) is 36.1 Å². The third-order valence-electron chi connectivity index (χ3n) is 5.20. The summed E-state index contributed by atoms with van der Waals surface area (Å²) in [6.45, 7) is 2.88. The molecule has 0 atom stereocenters. The van der Waals surface area contributed by atoms with Gasteiger partial charge in [0.2, 0.25) is 0 Å². The normalized spacial score (nSPS) is 11.8. The Hall–Kier alpha value is -3.68. The molecule has 4 rings (SSSR count). The third kappa shape index (κ3) is 4.58. The maximum Gasteiger partial charge on any atom is 0.191 e. The second kappa shape index (κ2) is 8.99. The van der Waals surface area contributed by atoms with Gasteiger partial charge < -0.3 is 20.2 Å². The van der Waals surface area contributed by atoms with Gasteiger partial charge in [0.1, 0.15) is 17.5 Å². The molecule has 4 aromatic rings. The number of aromatic nitrogens is 3. The zero-order chi connectivity index (χ0) is 21.8. The van der Waals surface area contributed by atoms with Crippen molar-refractivity contribution in [2.24, 2.45) is 4.99 Å². The van der Waals surface area contributed by atoms with Gasteiger partial charge in [-0.05, 0) is 54.8 Å². The average molecular weight is 422 g/mol. The maximum atomic E-state index is 14.6. The van der Waals surface area contributed by atoms with Crippen LogP contribution in [0.4, 0.5) is 8.78 Å². The van der Waals surface area contributed by atoms with Crippen LogP contribution in [-0.2, 0) is 13.0 Å². The van der Waals surface area contributed by atoms with Gasteiger partial charge in [0, 0.05) is 49.6 Å². The van der Waals surface area contributed by atoms with Crippen molar-refractivity contribution in [3.63, 3.8) is 0 Å². The van der Waals surface area contributed by atoms with E-state index in [1.807, 2.05) is 19.2 Å². The van der Waals surface area contributed by atoms with E-state index in [4.69, 9.17) is 0 Å². The van der Waals surface area contributed by atoms with Crippen molar-refractivity contribution in [2.45, 2.75) is 19.9 Å². The molecule has 3 N–H and O–H groups in total. The number of aromatic amines is 1. The van der Waals surface area contributed by atoms with Crippen LogP contribution in [0.15, 0.2) is 60.0 Å². The van der Waals surface area contributed by atoms with Gasteiger partial charge in [0.25, 0.3) is 0 Å². The van der Waals surface area contributed by atoms with Gasteiger partial charge in [-0.1, -0.05) is 6.07 Å². The largest absolute Gasteiger partial charge is 0.361 e. The smallest absolute Gasteiger partial charge is 0.191 e. The van der Waals surface area contributed by atoms with Crippen LogP contribution in [0.2, 0.25) is 0 Å².